The minimum absolute atomic E-state index is 0.0990. The first-order chi connectivity index (χ1) is 8.31. The van der Waals surface area contributed by atoms with Gasteiger partial charge in [-0.05, 0) is 55.5 Å². The summed E-state index contributed by atoms with van der Waals surface area (Å²) in [7, 11) is 0. The lowest BCUT2D eigenvalue weighted by atomic mass is 9.77. The molecule has 0 fully saturated rings. The summed E-state index contributed by atoms with van der Waals surface area (Å²) in [5.41, 5.74) is 9.76. The molecule has 3 nitrogen and oxygen atoms in total. The monoisotopic (exact) mass is 249 g/mol. The summed E-state index contributed by atoms with van der Waals surface area (Å²) in [5.74, 6) is 5.29. The van der Waals surface area contributed by atoms with Gasteiger partial charge in [-0.1, -0.05) is 19.9 Å². The zero-order valence-corrected chi connectivity index (χ0v) is 12.6. The average molecular weight is 249 g/mol. The molecule has 0 heterocycles. The van der Waals surface area contributed by atoms with E-state index in [2.05, 4.69) is 58.4 Å². The normalized spacial score (nSPS) is 11.9. The number of rotatable bonds is 5. The molecule has 0 aliphatic rings. The Hall–Kier alpha value is -0.900. The molecule has 0 spiro atoms. The largest absolute Gasteiger partial charge is 0.303 e. The third-order valence-corrected chi connectivity index (χ3v) is 3.84. The third-order valence-electron chi connectivity index (χ3n) is 3.84. The number of nitrogens with two attached hydrogens (primary N) is 1. The Bertz CT molecular complexity index is 396. The van der Waals surface area contributed by atoms with E-state index in [-0.39, 0.29) is 5.41 Å². The number of benzene rings is 1. The fourth-order valence-electron chi connectivity index (χ4n) is 2.77. The van der Waals surface area contributed by atoms with E-state index in [1.54, 1.807) is 0 Å². The first kappa shape index (κ1) is 15.2. The molecular formula is C15H27N3. The molecule has 0 amide bonds. The number of hydrazine groups is 1. The SMILES string of the molecule is Cc1cc(C)c(C)c(C(C)(C)CNCNN)c1C. The van der Waals surface area contributed by atoms with Crippen LogP contribution in [0.5, 0.6) is 0 Å². The lowest BCUT2D eigenvalue weighted by Crippen LogP contribution is -2.41. The van der Waals surface area contributed by atoms with Gasteiger partial charge in [0, 0.05) is 12.0 Å². The van der Waals surface area contributed by atoms with Crippen LogP contribution in [0, 0.1) is 27.7 Å². The van der Waals surface area contributed by atoms with Crippen molar-refractivity contribution in [3.8, 4) is 0 Å². The van der Waals surface area contributed by atoms with Gasteiger partial charge in [-0.2, -0.15) is 0 Å². The van der Waals surface area contributed by atoms with Gasteiger partial charge in [0.15, 0.2) is 0 Å². The van der Waals surface area contributed by atoms with E-state index in [1.165, 1.54) is 27.8 Å². The molecule has 18 heavy (non-hydrogen) atoms. The third kappa shape index (κ3) is 3.10. The first-order valence-electron chi connectivity index (χ1n) is 6.53. The van der Waals surface area contributed by atoms with Crippen LogP contribution in [-0.4, -0.2) is 13.2 Å². The predicted octanol–water partition coefficient (Wildman–Crippen LogP) is 2.21. The summed E-state index contributed by atoms with van der Waals surface area (Å²) in [6, 6.07) is 2.28. The molecule has 0 aliphatic carbocycles. The molecule has 0 aromatic heterocycles. The molecule has 0 atom stereocenters. The average Bonchev–Trinajstić information content (AvgIpc) is 2.26. The fourth-order valence-corrected chi connectivity index (χ4v) is 2.77. The van der Waals surface area contributed by atoms with Crippen molar-refractivity contribution in [2.45, 2.75) is 47.0 Å². The standard InChI is InChI=1S/C15H27N3/c1-10-7-11(2)13(4)14(12(10)3)15(5,6)8-17-9-18-16/h7,17-18H,8-9,16H2,1-6H3. The van der Waals surface area contributed by atoms with E-state index < -0.39 is 0 Å². The van der Waals surface area contributed by atoms with Crippen molar-refractivity contribution in [1.29, 1.82) is 0 Å². The van der Waals surface area contributed by atoms with E-state index in [0.717, 1.165) is 6.54 Å². The smallest absolute Gasteiger partial charge is 0.0587 e. The Morgan fingerprint density at radius 3 is 2.00 bits per heavy atom. The van der Waals surface area contributed by atoms with E-state index in [4.69, 9.17) is 5.84 Å². The second-order valence-electron chi connectivity index (χ2n) is 5.83. The van der Waals surface area contributed by atoms with Gasteiger partial charge in [0.05, 0.1) is 6.67 Å². The summed E-state index contributed by atoms with van der Waals surface area (Å²) in [5, 5.41) is 3.33. The number of hydrogen-bond donors (Lipinski definition) is 3. The highest BCUT2D eigenvalue weighted by Gasteiger charge is 2.25. The first-order valence-corrected chi connectivity index (χ1v) is 6.53. The minimum Gasteiger partial charge on any atom is -0.303 e. The molecular weight excluding hydrogens is 222 g/mol. The second-order valence-corrected chi connectivity index (χ2v) is 5.83. The van der Waals surface area contributed by atoms with Crippen LogP contribution >= 0.6 is 0 Å². The molecule has 1 rings (SSSR count). The van der Waals surface area contributed by atoms with Crippen LogP contribution in [0.4, 0.5) is 0 Å². The molecule has 4 N–H and O–H groups in total. The van der Waals surface area contributed by atoms with Gasteiger partial charge in [0.25, 0.3) is 0 Å². The van der Waals surface area contributed by atoms with Gasteiger partial charge < -0.3 is 5.32 Å². The van der Waals surface area contributed by atoms with E-state index in [1.807, 2.05) is 0 Å². The topological polar surface area (TPSA) is 50.1 Å². The molecule has 0 radical (unpaired) electrons. The lowest BCUT2D eigenvalue weighted by molar-refractivity contribution is 0.450. The van der Waals surface area contributed by atoms with Crippen LogP contribution in [0.1, 0.15) is 41.7 Å². The molecule has 1 aromatic rings. The number of hydrogen-bond acceptors (Lipinski definition) is 3. The Kier molecular flexibility index (Phi) is 4.91. The maximum absolute atomic E-state index is 5.29. The zero-order valence-electron chi connectivity index (χ0n) is 12.6. The van der Waals surface area contributed by atoms with Crippen LogP contribution in [-0.2, 0) is 5.41 Å². The number of aryl methyl sites for hydroxylation is 2. The molecule has 0 saturated heterocycles. The van der Waals surface area contributed by atoms with Gasteiger partial charge in [-0.25, -0.2) is 5.43 Å². The zero-order chi connectivity index (χ0) is 13.9. The molecule has 1 aromatic carbocycles. The predicted molar refractivity (Wildman–Crippen MR) is 78.6 cm³/mol. The van der Waals surface area contributed by atoms with Crippen molar-refractivity contribution in [2.75, 3.05) is 13.2 Å². The van der Waals surface area contributed by atoms with Gasteiger partial charge in [-0.3, -0.25) is 5.84 Å². The number of nitrogens with one attached hydrogen (secondary N) is 2. The summed E-state index contributed by atoms with van der Waals surface area (Å²) in [6.07, 6.45) is 0. The van der Waals surface area contributed by atoms with Gasteiger partial charge in [0.2, 0.25) is 0 Å². The van der Waals surface area contributed by atoms with Crippen molar-refractivity contribution in [2.24, 2.45) is 5.84 Å². The molecule has 0 aliphatic heterocycles. The molecule has 102 valence electrons. The quantitative estimate of drug-likeness (QED) is 0.324. The lowest BCUT2D eigenvalue weighted by Gasteiger charge is -2.31. The molecule has 0 bridgehead atoms. The van der Waals surface area contributed by atoms with E-state index in [0.29, 0.717) is 6.67 Å². The summed E-state index contributed by atoms with van der Waals surface area (Å²) < 4.78 is 0. The minimum atomic E-state index is 0.0990. The molecule has 0 saturated carbocycles. The van der Waals surface area contributed by atoms with Crippen LogP contribution in [0.15, 0.2) is 6.07 Å². The van der Waals surface area contributed by atoms with Crippen LogP contribution in [0.25, 0.3) is 0 Å². The maximum Gasteiger partial charge on any atom is 0.0587 e. The van der Waals surface area contributed by atoms with Crippen LogP contribution < -0.4 is 16.6 Å². The summed E-state index contributed by atoms with van der Waals surface area (Å²) >= 11 is 0. The Morgan fingerprint density at radius 2 is 1.56 bits per heavy atom. The van der Waals surface area contributed by atoms with Crippen molar-refractivity contribution in [3.05, 3.63) is 33.9 Å². The van der Waals surface area contributed by atoms with E-state index in [9.17, 15) is 0 Å². The summed E-state index contributed by atoms with van der Waals surface area (Å²) in [4.78, 5) is 0. The Labute approximate surface area is 111 Å². The van der Waals surface area contributed by atoms with Gasteiger partial charge in [0.1, 0.15) is 0 Å². The van der Waals surface area contributed by atoms with Crippen molar-refractivity contribution < 1.29 is 0 Å². The molecule has 0 unspecified atom stereocenters. The highest BCUT2D eigenvalue weighted by atomic mass is 15.3. The van der Waals surface area contributed by atoms with Crippen molar-refractivity contribution in [1.82, 2.24) is 10.7 Å². The van der Waals surface area contributed by atoms with Crippen LogP contribution in [0.2, 0.25) is 0 Å². The fraction of sp³-hybridized carbons (Fsp3) is 0.600. The second kappa shape index (κ2) is 5.83. The maximum atomic E-state index is 5.29. The van der Waals surface area contributed by atoms with Crippen molar-refractivity contribution in [3.63, 3.8) is 0 Å². The summed E-state index contributed by atoms with van der Waals surface area (Å²) in [6.45, 7) is 14.9. The van der Waals surface area contributed by atoms with Gasteiger partial charge in [-0.15, -0.1) is 0 Å². The Morgan fingerprint density at radius 1 is 1.06 bits per heavy atom. The highest BCUT2D eigenvalue weighted by Crippen LogP contribution is 2.32. The highest BCUT2D eigenvalue weighted by molar-refractivity contribution is 5.47. The van der Waals surface area contributed by atoms with Crippen molar-refractivity contribution >= 4 is 0 Å². The van der Waals surface area contributed by atoms with E-state index >= 15 is 0 Å². The van der Waals surface area contributed by atoms with Gasteiger partial charge >= 0.3 is 0 Å². The molecule has 3 heteroatoms. The van der Waals surface area contributed by atoms with Crippen LogP contribution in [0.3, 0.4) is 0 Å². The Balaban J connectivity index is 3.14.